The van der Waals surface area contributed by atoms with Gasteiger partial charge in [-0.2, -0.15) is 31.6 Å². The first kappa shape index (κ1) is 33.8. The number of alkyl halides is 6. The summed E-state index contributed by atoms with van der Waals surface area (Å²) >= 11 is 0. The summed E-state index contributed by atoms with van der Waals surface area (Å²) in [6, 6.07) is 8.39. The van der Waals surface area contributed by atoms with Crippen LogP contribution in [0, 0.1) is 11.3 Å². The van der Waals surface area contributed by atoms with E-state index in [4.69, 9.17) is 25.1 Å². The van der Waals surface area contributed by atoms with E-state index in [0.29, 0.717) is 5.92 Å². The number of hydrogen-bond acceptors (Lipinski definition) is 6. The van der Waals surface area contributed by atoms with Crippen LogP contribution in [0.15, 0.2) is 30.5 Å². The second-order valence-corrected chi connectivity index (χ2v) is 9.12. The van der Waals surface area contributed by atoms with Gasteiger partial charge in [0.15, 0.2) is 5.82 Å². The molecular formula is C26H27F6N5O5. The summed E-state index contributed by atoms with van der Waals surface area (Å²) in [5.74, 6) is -5.12. The number of aromatic amines is 1. The molecule has 5 N–H and O–H groups in total. The van der Waals surface area contributed by atoms with Crippen molar-refractivity contribution in [2.24, 2.45) is 0 Å². The van der Waals surface area contributed by atoms with Crippen LogP contribution in [0.5, 0.6) is 0 Å². The van der Waals surface area contributed by atoms with E-state index >= 15 is 0 Å². The number of allylic oxidation sites excluding steroid dienone is 2. The summed E-state index contributed by atoms with van der Waals surface area (Å²) in [5, 5.41) is 29.6. The highest BCUT2D eigenvalue weighted by molar-refractivity contribution is 6.03. The summed E-state index contributed by atoms with van der Waals surface area (Å²) in [5.41, 5.74) is 4.88. The Hall–Kier alpha value is -4.39. The quantitative estimate of drug-likeness (QED) is 0.296. The standard InChI is InChI=1S/C22H25N5O.2C2HF3O2/c23-13-18-14-25-21(26-18)22(28)27-20-7-6-17(15-8-10-24-11-9-15)12-19(20)16-4-2-1-3-5-16;2*3-2(4,5)1(6)7/h4,6-7,12,14-15,24H,1-3,5,8-11H2,(H,25,26)(H,27,28);2*(H,6,7). The molecule has 10 nitrogen and oxygen atoms in total. The van der Waals surface area contributed by atoms with Gasteiger partial charge in [0, 0.05) is 11.3 Å². The zero-order valence-corrected chi connectivity index (χ0v) is 21.9. The maximum absolute atomic E-state index is 12.6. The summed E-state index contributed by atoms with van der Waals surface area (Å²) in [4.78, 5) is 37.2. The van der Waals surface area contributed by atoms with E-state index in [1.165, 1.54) is 30.2 Å². The van der Waals surface area contributed by atoms with Gasteiger partial charge < -0.3 is 25.8 Å². The van der Waals surface area contributed by atoms with Crippen molar-refractivity contribution in [2.45, 2.75) is 56.8 Å². The largest absolute Gasteiger partial charge is 0.490 e. The van der Waals surface area contributed by atoms with Crippen LogP contribution < -0.4 is 10.6 Å². The van der Waals surface area contributed by atoms with E-state index in [9.17, 15) is 31.1 Å². The van der Waals surface area contributed by atoms with Gasteiger partial charge in [-0.05, 0) is 80.8 Å². The Balaban J connectivity index is 0.000000367. The number of imidazole rings is 1. The Kier molecular flexibility index (Phi) is 12.1. The van der Waals surface area contributed by atoms with Crippen molar-refractivity contribution in [2.75, 3.05) is 18.4 Å². The molecule has 1 aliphatic heterocycles. The lowest BCUT2D eigenvalue weighted by Gasteiger charge is -2.25. The van der Waals surface area contributed by atoms with Crippen molar-refractivity contribution in [3.05, 3.63) is 53.1 Å². The summed E-state index contributed by atoms with van der Waals surface area (Å²) in [6.07, 6.45) is 0.340. The number of carboxylic acids is 2. The van der Waals surface area contributed by atoms with Gasteiger partial charge in [-0.3, -0.25) is 4.79 Å². The number of benzene rings is 1. The molecule has 42 heavy (non-hydrogen) atoms. The third-order valence-corrected chi connectivity index (χ3v) is 6.14. The predicted molar refractivity (Wildman–Crippen MR) is 136 cm³/mol. The molecule has 1 amide bonds. The number of nitriles is 1. The number of nitrogens with zero attached hydrogens (tertiary/aromatic N) is 2. The van der Waals surface area contributed by atoms with E-state index in [1.54, 1.807) is 0 Å². The van der Waals surface area contributed by atoms with Crippen LogP contribution in [0.3, 0.4) is 0 Å². The zero-order chi connectivity index (χ0) is 31.5. The van der Waals surface area contributed by atoms with Gasteiger partial charge in [0.2, 0.25) is 0 Å². The van der Waals surface area contributed by atoms with Crippen LogP contribution in [0.1, 0.15) is 71.9 Å². The minimum absolute atomic E-state index is 0.155. The number of H-pyrrole nitrogens is 1. The number of anilines is 1. The fourth-order valence-electron chi connectivity index (χ4n) is 4.10. The Morgan fingerprint density at radius 3 is 2.07 bits per heavy atom. The first-order valence-electron chi connectivity index (χ1n) is 12.5. The maximum Gasteiger partial charge on any atom is 0.490 e. The second-order valence-electron chi connectivity index (χ2n) is 9.12. The number of aliphatic carboxylic acids is 2. The van der Waals surface area contributed by atoms with E-state index in [-0.39, 0.29) is 17.4 Å². The molecule has 1 saturated heterocycles. The average Bonchev–Trinajstić information content (AvgIpc) is 3.44. The normalized spacial score (nSPS) is 15.5. The average molecular weight is 604 g/mol. The van der Waals surface area contributed by atoms with Crippen molar-refractivity contribution >= 4 is 29.1 Å². The Morgan fingerprint density at radius 1 is 1.00 bits per heavy atom. The molecule has 2 aliphatic rings. The number of nitrogens with one attached hydrogen (secondary N) is 3. The molecule has 1 fully saturated rings. The summed E-state index contributed by atoms with van der Waals surface area (Å²) < 4.78 is 63.5. The van der Waals surface area contributed by atoms with E-state index in [1.807, 2.05) is 12.1 Å². The Labute approximate surface area is 235 Å². The van der Waals surface area contributed by atoms with Gasteiger partial charge in [0.05, 0.1) is 6.20 Å². The predicted octanol–water partition coefficient (Wildman–Crippen LogP) is 5.22. The number of amides is 1. The first-order chi connectivity index (χ1) is 19.6. The number of carboxylic acid groups (broad SMARTS) is 2. The smallest absolute Gasteiger partial charge is 0.475 e. The molecule has 2 aromatic rings. The van der Waals surface area contributed by atoms with Crippen molar-refractivity contribution < 1.29 is 50.9 Å². The second kappa shape index (κ2) is 15.0. The van der Waals surface area contributed by atoms with E-state index in [2.05, 4.69) is 38.8 Å². The van der Waals surface area contributed by atoms with Crippen molar-refractivity contribution in [1.82, 2.24) is 15.3 Å². The lowest BCUT2D eigenvalue weighted by Crippen LogP contribution is -2.26. The SMILES string of the molecule is N#Cc1cnc(C(=O)Nc2ccc(C3CCNCC3)cc2C2=CCCCC2)[nH]1.O=C(O)C(F)(F)F.O=C(O)C(F)(F)F. The number of aromatic nitrogens is 2. The molecule has 1 aromatic carbocycles. The molecule has 0 bridgehead atoms. The number of halogens is 6. The lowest BCUT2D eigenvalue weighted by molar-refractivity contribution is -0.193. The van der Waals surface area contributed by atoms with Gasteiger partial charge in [-0.1, -0.05) is 12.1 Å². The number of hydrogen-bond donors (Lipinski definition) is 5. The third-order valence-electron chi connectivity index (χ3n) is 6.14. The van der Waals surface area contributed by atoms with Crippen LogP contribution in [0.2, 0.25) is 0 Å². The third kappa shape index (κ3) is 10.5. The van der Waals surface area contributed by atoms with Gasteiger partial charge in [0.1, 0.15) is 11.8 Å². The first-order valence-corrected chi connectivity index (χ1v) is 12.5. The molecule has 0 unspecified atom stereocenters. The monoisotopic (exact) mass is 603 g/mol. The molecule has 0 radical (unpaired) electrons. The molecule has 4 rings (SSSR count). The number of carbonyl (C=O) groups is 3. The van der Waals surface area contributed by atoms with Crippen molar-refractivity contribution in [3.63, 3.8) is 0 Å². The maximum atomic E-state index is 12.6. The van der Waals surface area contributed by atoms with E-state index < -0.39 is 24.3 Å². The molecule has 0 saturated carbocycles. The van der Waals surface area contributed by atoms with Crippen LogP contribution >= 0.6 is 0 Å². The topological polar surface area (TPSA) is 168 Å². The molecular weight excluding hydrogens is 576 g/mol. The molecule has 228 valence electrons. The number of rotatable bonds is 4. The van der Waals surface area contributed by atoms with Gasteiger partial charge in [-0.25, -0.2) is 14.6 Å². The Morgan fingerprint density at radius 2 is 1.60 bits per heavy atom. The van der Waals surface area contributed by atoms with Crippen molar-refractivity contribution in [3.8, 4) is 6.07 Å². The van der Waals surface area contributed by atoms with Crippen LogP contribution in [0.25, 0.3) is 5.57 Å². The van der Waals surface area contributed by atoms with Crippen LogP contribution in [-0.2, 0) is 9.59 Å². The minimum atomic E-state index is -5.08. The Bertz CT molecular complexity index is 1300. The summed E-state index contributed by atoms with van der Waals surface area (Å²) in [7, 11) is 0. The van der Waals surface area contributed by atoms with Gasteiger partial charge in [0.25, 0.3) is 5.91 Å². The molecule has 0 atom stereocenters. The molecule has 16 heteroatoms. The van der Waals surface area contributed by atoms with Gasteiger partial charge >= 0.3 is 24.3 Å². The fraction of sp³-hybridized carbons (Fsp3) is 0.423. The van der Waals surface area contributed by atoms with Crippen molar-refractivity contribution in [1.29, 1.82) is 5.26 Å². The number of piperidine rings is 1. The zero-order valence-electron chi connectivity index (χ0n) is 21.9. The highest BCUT2D eigenvalue weighted by Gasteiger charge is 2.38. The molecule has 1 aliphatic carbocycles. The van der Waals surface area contributed by atoms with E-state index in [0.717, 1.165) is 50.0 Å². The molecule has 0 spiro atoms. The summed E-state index contributed by atoms with van der Waals surface area (Å²) in [6.45, 7) is 2.11. The van der Waals surface area contributed by atoms with Gasteiger partial charge in [-0.15, -0.1) is 0 Å². The highest BCUT2D eigenvalue weighted by atomic mass is 19.4. The number of carbonyl (C=O) groups excluding carboxylic acids is 1. The minimum Gasteiger partial charge on any atom is -0.475 e. The highest BCUT2D eigenvalue weighted by Crippen LogP contribution is 2.36. The molecule has 2 heterocycles. The fourth-order valence-corrected chi connectivity index (χ4v) is 4.10. The molecule has 1 aromatic heterocycles. The van der Waals surface area contributed by atoms with Crippen LogP contribution in [0.4, 0.5) is 32.0 Å². The lowest BCUT2D eigenvalue weighted by atomic mass is 9.86. The van der Waals surface area contributed by atoms with Crippen LogP contribution in [-0.4, -0.2) is 63.5 Å².